The highest BCUT2D eigenvalue weighted by Crippen LogP contribution is 2.35. The molecule has 128 valence electrons. The van der Waals surface area contributed by atoms with E-state index < -0.39 is 0 Å². The summed E-state index contributed by atoms with van der Waals surface area (Å²) in [5, 5.41) is -0.0550. The molecule has 6 heteroatoms. The number of hydrogen-bond acceptors (Lipinski definition) is 5. The summed E-state index contributed by atoms with van der Waals surface area (Å²) in [6, 6.07) is 15.4. The first-order valence-electron chi connectivity index (χ1n) is 7.63. The zero-order valence-corrected chi connectivity index (χ0v) is 15.5. The Balaban J connectivity index is 1.83. The number of carbonyl (C=O) groups excluding carboxylic acids is 1. The van der Waals surface area contributed by atoms with Gasteiger partial charge in [0.15, 0.2) is 11.5 Å². The molecule has 0 atom stereocenters. The molecule has 1 heterocycles. The van der Waals surface area contributed by atoms with E-state index in [1.54, 1.807) is 19.1 Å². The molecule has 2 aromatic carbocycles. The van der Waals surface area contributed by atoms with Gasteiger partial charge in [0.05, 0.1) is 25.7 Å². The first-order valence-corrected chi connectivity index (χ1v) is 8.86. The zero-order chi connectivity index (χ0) is 17.8. The van der Waals surface area contributed by atoms with Gasteiger partial charge in [-0.05, 0) is 41.1 Å². The molecule has 0 unspecified atom stereocenters. The van der Waals surface area contributed by atoms with Gasteiger partial charge in [0.25, 0.3) is 5.24 Å². The Hall–Kier alpha value is -2.31. The molecule has 4 nitrogen and oxygen atoms in total. The molecule has 2 aromatic rings. The maximum atomic E-state index is 12.3. The summed E-state index contributed by atoms with van der Waals surface area (Å²) >= 11 is 6.66. The van der Waals surface area contributed by atoms with E-state index in [1.807, 2.05) is 54.6 Å². The Morgan fingerprint density at radius 1 is 1.08 bits per heavy atom. The van der Waals surface area contributed by atoms with Gasteiger partial charge in [-0.2, -0.15) is 0 Å². The Labute approximate surface area is 156 Å². The average molecular weight is 371 g/mol. The molecule has 1 aliphatic rings. The first-order chi connectivity index (χ1) is 12.1. The number of nitrogens with zero attached hydrogens (tertiary/aromatic N) is 1. The Bertz CT molecular complexity index is 834. The van der Waals surface area contributed by atoms with Crippen LogP contribution in [0.3, 0.4) is 0 Å². The standard InChI is InChI=1S/C19H17NO3S2/c1-22-15-9-8-14(10-16(15)23-2)11-17-18(24)20(19(21)25-17)12-13-6-4-3-5-7-13/h3-11H,12H2,1-2H3/b17-11+. The number of thioether (sulfide) groups is 1. The van der Waals surface area contributed by atoms with E-state index in [1.165, 1.54) is 0 Å². The molecule has 0 aromatic heterocycles. The van der Waals surface area contributed by atoms with E-state index >= 15 is 0 Å². The van der Waals surface area contributed by atoms with Gasteiger partial charge in [-0.25, -0.2) is 0 Å². The van der Waals surface area contributed by atoms with Gasteiger partial charge < -0.3 is 9.47 Å². The lowest BCUT2D eigenvalue weighted by molar-refractivity contribution is 0.244. The largest absolute Gasteiger partial charge is 0.493 e. The molecule has 0 aliphatic carbocycles. The van der Waals surface area contributed by atoms with E-state index in [0.29, 0.717) is 23.0 Å². The SMILES string of the molecule is COc1ccc(/C=C2/SC(=O)N(Cc3ccccc3)C2=S)cc1OC. The predicted molar refractivity (Wildman–Crippen MR) is 105 cm³/mol. The van der Waals surface area contributed by atoms with Crippen LogP contribution >= 0.6 is 24.0 Å². The summed E-state index contributed by atoms with van der Waals surface area (Å²) in [4.78, 5) is 15.3. The number of methoxy groups -OCH3 is 2. The van der Waals surface area contributed by atoms with Gasteiger partial charge in [-0.15, -0.1) is 0 Å². The fourth-order valence-electron chi connectivity index (χ4n) is 2.50. The predicted octanol–water partition coefficient (Wildman–Crippen LogP) is 4.74. The van der Waals surface area contributed by atoms with Crippen LogP contribution in [0.5, 0.6) is 11.5 Å². The van der Waals surface area contributed by atoms with Crippen molar-refractivity contribution in [1.29, 1.82) is 0 Å². The highest BCUT2D eigenvalue weighted by Gasteiger charge is 2.31. The van der Waals surface area contributed by atoms with Crippen molar-refractivity contribution in [2.45, 2.75) is 6.54 Å². The van der Waals surface area contributed by atoms with Gasteiger partial charge in [-0.3, -0.25) is 9.69 Å². The molecule has 1 amide bonds. The highest BCUT2D eigenvalue weighted by molar-refractivity contribution is 8.19. The molecule has 0 spiro atoms. The third-order valence-corrected chi connectivity index (χ3v) is 5.26. The molecule has 1 saturated heterocycles. The van der Waals surface area contributed by atoms with Crippen LogP contribution in [0.4, 0.5) is 4.79 Å². The van der Waals surface area contributed by atoms with Crippen LogP contribution in [0.15, 0.2) is 53.4 Å². The lowest BCUT2D eigenvalue weighted by Gasteiger charge is -2.14. The lowest BCUT2D eigenvalue weighted by atomic mass is 10.2. The van der Waals surface area contributed by atoms with Gasteiger partial charge in [-0.1, -0.05) is 48.6 Å². The second-order valence-electron chi connectivity index (χ2n) is 5.37. The molecular weight excluding hydrogens is 354 g/mol. The summed E-state index contributed by atoms with van der Waals surface area (Å²) in [5.74, 6) is 1.30. The maximum Gasteiger partial charge on any atom is 0.291 e. The molecule has 0 bridgehead atoms. The third kappa shape index (κ3) is 3.86. The topological polar surface area (TPSA) is 38.8 Å². The van der Waals surface area contributed by atoms with Crippen LogP contribution in [0, 0.1) is 0 Å². The first kappa shape index (κ1) is 17.5. The number of thiocarbonyl (C=S) groups is 1. The Kier molecular flexibility index (Phi) is 5.40. The summed E-state index contributed by atoms with van der Waals surface area (Å²) < 4.78 is 10.6. The van der Waals surface area contributed by atoms with Gasteiger partial charge in [0.1, 0.15) is 4.99 Å². The smallest absolute Gasteiger partial charge is 0.291 e. The van der Waals surface area contributed by atoms with Crippen molar-refractivity contribution in [2.24, 2.45) is 0 Å². The average Bonchev–Trinajstić information content (AvgIpc) is 2.90. The second kappa shape index (κ2) is 7.72. The summed E-state index contributed by atoms with van der Waals surface area (Å²) in [7, 11) is 3.19. The fraction of sp³-hybridized carbons (Fsp3) is 0.158. The van der Waals surface area contributed by atoms with Crippen molar-refractivity contribution in [3.8, 4) is 11.5 Å². The van der Waals surface area contributed by atoms with Gasteiger partial charge >= 0.3 is 0 Å². The second-order valence-corrected chi connectivity index (χ2v) is 6.75. The summed E-state index contributed by atoms with van der Waals surface area (Å²) in [6.07, 6.45) is 1.90. The van der Waals surface area contributed by atoms with E-state index in [-0.39, 0.29) is 5.24 Å². The summed E-state index contributed by atoms with van der Waals surface area (Å²) in [6.45, 7) is 0.481. The van der Waals surface area contributed by atoms with Crippen molar-refractivity contribution in [3.05, 3.63) is 64.6 Å². The quantitative estimate of drug-likeness (QED) is 0.561. The molecular formula is C19H17NO3S2. The molecule has 1 fully saturated rings. The van der Waals surface area contributed by atoms with E-state index in [4.69, 9.17) is 21.7 Å². The summed E-state index contributed by atoms with van der Waals surface area (Å²) in [5.41, 5.74) is 1.95. The van der Waals surface area contributed by atoms with Crippen LogP contribution in [-0.2, 0) is 6.54 Å². The lowest BCUT2D eigenvalue weighted by Crippen LogP contribution is -2.26. The van der Waals surface area contributed by atoms with Crippen LogP contribution in [-0.4, -0.2) is 29.3 Å². The van der Waals surface area contributed by atoms with Gasteiger partial charge in [0, 0.05) is 0 Å². The van der Waals surface area contributed by atoms with Crippen molar-refractivity contribution >= 4 is 40.3 Å². The zero-order valence-electron chi connectivity index (χ0n) is 13.9. The normalized spacial score (nSPS) is 15.8. The number of hydrogen-bond donors (Lipinski definition) is 0. The number of carbonyl (C=O) groups is 1. The monoisotopic (exact) mass is 371 g/mol. The number of rotatable bonds is 5. The maximum absolute atomic E-state index is 12.3. The number of ether oxygens (including phenoxy) is 2. The molecule has 25 heavy (non-hydrogen) atoms. The van der Waals surface area contributed by atoms with E-state index in [9.17, 15) is 4.79 Å². The molecule has 0 N–H and O–H groups in total. The number of benzene rings is 2. The molecule has 0 saturated carbocycles. The van der Waals surface area contributed by atoms with Crippen molar-refractivity contribution in [3.63, 3.8) is 0 Å². The Morgan fingerprint density at radius 2 is 1.80 bits per heavy atom. The van der Waals surface area contributed by atoms with E-state index in [2.05, 4.69) is 0 Å². The number of amides is 1. The van der Waals surface area contributed by atoms with Crippen molar-refractivity contribution in [1.82, 2.24) is 4.90 Å². The minimum Gasteiger partial charge on any atom is -0.493 e. The van der Waals surface area contributed by atoms with Crippen LogP contribution in [0.2, 0.25) is 0 Å². The third-order valence-electron chi connectivity index (χ3n) is 3.76. The minimum absolute atomic E-state index is 0.0550. The van der Waals surface area contributed by atoms with Gasteiger partial charge in [0.2, 0.25) is 0 Å². The van der Waals surface area contributed by atoms with Crippen LogP contribution in [0.1, 0.15) is 11.1 Å². The van der Waals surface area contributed by atoms with Crippen molar-refractivity contribution in [2.75, 3.05) is 14.2 Å². The molecule has 3 rings (SSSR count). The minimum atomic E-state index is -0.0550. The highest BCUT2D eigenvalue weighted by atomic mass is 32.2. The van der Waals surface area contributed by atoms with Crippen LogP contribution < -0.4 is 9.47 Å². The molecule has 1 aliphatic heterocycles. The molecule has 0 radical (unpaired) electrons. The Morgan fingerprint density at radius 3 is 2.48 bits per heavy atom. The fourth-order valence-corrected chi connectivity index (χ4v) is 3.73. The van der Waals surface area contributed by atoms with Crippen molar-refractivity contribution < 1.29 is 14.3 Å². The van der Waals surface area contributed by atoms with Crippen LogP contribution in [0.25, 0.3) is 6.08 Å². The van der Waals surface area contributed by atoms with E-state index in [0.717, 1.165) is 27.8 Å².